The zero-order valence-corrected chi connectivity index (χ0v) is 16.7. The molecule has 28 heavy (non-hydrogen) atoms. The molecule has 0 spiro atoms. The van der Waals surface area contributed by atoms with Crippen LogP contribution < -0.4 is 5.32 Å². The van der Waals surface area contributed by atoms with Gasteiger partial charge >= 0.3 is 0 Å². The highest BCUT2D eigenvalue weighted by molar-refractivity contribution is 6.31. The van der Waals surface area contributed by atoms with Crippen LogP contribution in [0.5, 0.6) is 5.75 Å². The molecular formula is C22H25ClFN3O. The van der Waals surface area contributed by atoms with Crippen molar-refractivity contribution in [2.24, 2.45) is 0 Å². The number of phenols is 1. The Bertz CT molecular complexity index is 935. The van der Waals surface area contributed by atoms with E-state index in [0.717, 1.165) is 49.1 Å². The van der Waals surface area contributed by atoms with Crippen LogP contribution in [-0.2, 0) is 6.54 Å². The highest BCUT2D eigenvalue weighted by atomic mass is 35.5. The van der Waals surface area contributed by atoms with Crippen molar-refractivity contribution in [2.75, 3.05) is 25.0 Å². The fourth-order valence-corrected chi connectivity index (χ4v) is 3.48. The second kappa shape index (κ2) is 9.71. The van der Waals surface area contributed by atoms with Crippen LogP contribution in [0.3, 0.4) is 0 Å². The molecule has 0 aliphatic heterocycles. The van der Waals surface area contributed by atoms with Crippen molar-refractivity contribution in [1.82, 2.24) is 9.88 Å². The number of fused-ring (bicyclic) bond motifs is 1. The molecule has 3 rings (SSSR count). The van der Waals surface area contributed by atoms with E-state index in [1.54, 1.807) is 18.3 Å². The highest BCUT2D eigenvalue weighted by Crippen LogP contribution is 2.25. The first-order chi connectivity index (χ1) is 13.6. The molecule has 2 N–H and O–H groups in total. The van der Waals surface area contributed by atoms with Gasteiger partial charge in [0.1, 0.15) is 0 Å². The summed E-state index contributed by atoms with van der Waals surface area (Å²) in [6.07, 6.45) is 3.70. The fourth-order valence-electron chi connectivity index (χ4n) is 3.32. The Morgan fingerprint density at radius 1 is 1.18 bits per heavy atom. The largest absolute Gasteiger partial charge is 0.505 e. The van der Waals surface area contributed by atoms with E-state index in [2.05, 4.69) is 22.1 Å². The Hall–Kier alpha value is -2.37. The molecule has 148 valence electrons. The Morgan fingerprint density at radius 2 is 2.04 bits per heavy atom. The topological polar surface area (TPSA) is 48.4 Å². The predicted molar refractivity (Wildman–Crippen MR) is 113 cm³/mol. The lowest BCUT2D eigenvalue weighted by atomic mass is 10.1. The van der Waals surface area contributed by atoms with Gasteiger partial charge in [-0.15, -0.1) is 0 Å². The van der Waals surface area contributed by atoms with E-state index in [1.807, 2.05) is 24.3 Å². The van der Waals surface area contributed by atoms with Gasteiger partial charge in [-0.05, 0) is 49.7 Å². The molecule has 0 aliphatic rings. The van der Waals surface area contributed by atoms with Gasteiger partial charge in [-0.25, -0.2) is 4.39 Å². The lowest BCUT2D eigenvalue weighted by Gasteiger charge is -2.22. The van der Waals surface area contributed by atoms with Gasteiger partial charge in [0.15, 0.2) is 11.6 Å². The standard InChI is InChI=1S/C22H25ClFN3O/c1-2-12-27(15-16-5-3-6-19(24)22(16)28)13-4-10-25-20-9-11-26-21-14-17(23)7-8-18(20)21/h3,5-9,11,14,28H,2,4,10,12-13,15H2,1H3,(H,25,26). The molecule has 1 heterocycles. The first-order valence-corrected chi connectivity index (χ1v) is 9.93. The minimum atomic E-state index is -0.569. The number of rotatable bonds is 9. The van der Waals surface area contributed by atoms with Gasteiger partial charge in [0.2, 0.25) is 0 Å². The maximum Gasteiger partial charge on any atom is 0.165 e. The maximum absolute atomic E-state index is 13.6. The van der Waals surface area contributed by atoms with Crippen molar-refractivity contribution < 1.29 is 9.50 Å². The Balaban J connectivity index is 1.57. The molecule has 0 atom stereocenters. The fraction of sp³-hybridized carbons (Fsp3) is 0.318. The summed E-state index contributed by atoms with van der Waals surface area (Å²) in [5.41, 5.74) is 2.52. The van der Waals surface area contributed by atoms with Crippen LogP contribution in [0.4, 0.5) is 10.1 Å². The highest BCUT2D eigenvalue weighted by Gasteiger charge is 2.11. The molecule has 0 unspecified atom stereocenters. The lowest BCUT2D eigenvalue weighted by molar-refractivity contribution is 0.260. The molecule has 2 aromatic carbocycles. The summed E-state index contributed by atoms with van der Waals surface area (Å²) < 4.78 is 13.6. The molecule has 3 aromatic rings. The molecule has 0 radical (unpaired) electrons. The molecule has 4 nitrogen and oxygen atoms in total. The lowest BCUT2D eigenvalue weighted by Crippen LogP contribution is -2.26. The number of nitrogens with one attached hydrogen (secondary N) is 1. The summed E-state index contributed by atoms with van der Waals surface area (Å²) in [6, 6.07) is 12.3. The van der Waals surface area contributed by atoms with Crippen LogP contribution in [0.2, 0.25) is 5.02 Å². The smallest absolute Gasteiger partial charge is 0.165 e. The molecule has 0 bridgehead atoms. The number of hydrogen-bond donors (Lipinski definition) is 2. The molecule has 0 aliphatic carbocycles. The normalized spacial score (nSPS) is 11.3. The zero-order chi connectivity index (χ0) is 19.9. The Labute approximate surface area is 170 Å². The number of aromatic hydroxyl groups is 1. The zero-order valence-electron chi connectivity index (χ0n) is 16.0. The molecule has 0 saturated heterocycles. The third-order valence-corrected chi connectivity index (χ3v) is 4.91. The van der Waals surface area contributed by atoms with E-state index in [4.69, 9.17) is 11.6 Å². The minimum Gasteiger partial charge on any atom is -0.505 e. The molecule has 0 amide bonds. The van der Waals surface area contributed by atoms with E-state index >= 15 is 0 Å². The van der Waals surface area contributed by atoms with Gasteiger partial charge in [0.05, 0.1) is 5.52 Å². The van der Waals surface area contributed by atoms with E-state index < -0.39 is 5.82 Å². The van der Waals surface area contributed by atoms with E-state index in [9.17, 15) is 9.50 Å². The SMILES string of the molecule is CCCN(CCCNc1ccnc2cc(Cl)ccc12)Cc1cccc(F)c1O. The number of anilines is 1. The summed E-state index contributed by atoms with van der Waals surface area (Å²) in [5.74, 6) is -0.816. The summed E-state index contributed by atoms with van der Waals surface area (Å²) >= 11 is 6.04. The monoisotopic (exact) mass is 401 g/mol. The summed E-state index contributed by atoms with van der Waals surface area (Å²) in [7, 11) is 0. The van der Waals surface area contributed by atoms with Crippen molar-refractivity contribution >= 4 is 28.2 Å². The van der Waals surface area contributed by atoms with Crippen molar-refractivity contribution in [1.29, 1.82) is 0 Å². The van der Waals surface area contributed by atoms with Gasteiger partial charge in [-0.2, -0.15) is 0 Å². The molecule has 0 fully saturated rings. The van der Waals surface area contributed by atoms with Gasteiger partial charge in [0.25, 0.3) is 0 Å². The molecule has 1 aromatic heterocycles. The van der Waals surface area contributed by atoms with Crippen molar-refractivity contribution in [3.05, 3.63) is 65.1 Å². The van der Waals surface area contributed by atoms with Gasteiger partial charge in [0, 0.05) is 47.5 Å². The second-order valence-corrected chi connectivity index (χ2v) is 7.26. The minimum absolute atomic E-state index is 0.247. The number of para-hydroxylation sites is 1. The first-order valence-electron chi connectivity index (χ1n) is 9.55. The van der Waals surface area contributed by atoms with E-state index in [-0.39, 0.29) is 5.75 Å². The number of pyridine rings is 1. The van der Waals surface area contributed by atoms with Crippen LogP contribution in [0.25, 0.3) is 10.9 Å². The van der Waals surface area contributed by atoms with Crippen molar-refractivity contribution in [3.8, 4) is 5.75 Å². The third kappa shape index (κ3) is 5.12. The Morgan fingerprint density at radius 3 is 2.86 bits per heavy atom. The number of nitrogens with zero attached hydrogens (tertiary/aromatic N) is 2. The third-order valence-electron chi connectivity index (χ3n) is 4.68. The van der Waals surface area contributed by atoms with Crippen LogP contribution >= 0.6 is 11.6 Å². The first kappa shape index (κ1) is 20.4. The number of phenolic OH excluding ortho intramolecular Hbond substituents is 1. The molecule has 0 saturated carbocycles. The number of hydrogen-bond acceptors (Lipinski definition) is 4. The summed E-state index contributed by atoms with van der Waals surface area (Å²) in [4.78, 5) is 6.60. The quantitative estimate of drug-likeness (QED) is 0.468. The maximum atomic E-state index is 13.6. The summed E-state index contributed by atoms with van der Waals surface area (Å²) in [5, 5.41) is 15.1. The number of halogens is 2. The van der Waals surface area contributed by atoms with Crippen LogP contribution in [-0.4, -0.2) is 34.6 Å². The molecule has 6 heteroatoms. The number of benzene rings is 2. The van der Waals surface area contributed by atoms with Crippen LogP contribution in [0, 0.1) is 5.82 Å². The molecular weight excluding hydrogens is 377 g/mol. The van der Waals surface area contributed by atoms with Gasteiger partial charge in [-0.1, -0.05) is 30.7 Å². The van der Waals surface area contributed by atoms with Crippen molar-refractivity contribution in [2.45, 2.75) is 26.3 Å². The van der Waals surface area contributed by atoms with Crippen LogP contribution in [0.15, 0.2) is 48.7 Å². The number of aromatic nitrogens is 1. The van der Waals surface area contributed by atoms with E-state index in [1.165, 1.54) is 6.07 Å². The summed E-state index contributed by atoms with van der Waals surface area (Å²) in [6.45, 7) is 5.20. The van der Waals surface area contributed by atoms with E-state index in [0.29, 0.717) is 17.1 Å². The second-order valence-electron chi connectivity index (χ2n) is 6.82. The predicted octanol–water partition coefficient (Wildman–Crippen LogP) is 5.45. The Kier molecular flexibility index (Phi) is 7.06. The van der Waals surface area contributed by atoms with Crippen molar-refractivity contribution in [3.63, 3.8) is 0 Å². The van der Waals surface area contributed by atoms with Gasteiger partial charge < -0.3 is 10.4 Å². The average molecular weight is 402 g/mol. The average Bonchev–Trinajstić information content (AvgIpc) is 2.68. The van der Waals surface area contributed by atoms with Gasteiger partial charge in [-0.3, -0.25) is 9.88 Å². The van der Waals surface area contributed by atoms with Crippen LogP contribution in [0.1, 0.15) is 25.3 Å².